The SMILES string of the molecule is C1CCNCC1.CC(=O)O.COc1cc2c(cc1OC)C(=O)C(C)C2. The molecule has 1 aromatic carbocycles. The Hall–Kier alpha value is -2.08. The van der Waals surface area contributed by atoms with E-state index in [0.29, 0.717) is 11.5 Å². The number of Topliss-reactive ketones (excluding diaryl/α,β-unsaturated/α-hetero) is 1. The fourth-order valence-electron chi connectivity index (χ4n) is 2.81. The Morgan fingerprint density at radius 1 is 1.12 bits per heavy atom. The summed E-state index contributed by atoms with van der Waals surface area (Å²) in [5.74, 6) is 0.764. The minimum atomic E-state index is -0.833. The number of piperidine rings is 1. The molecule has 1 fully saturated rings. The number of methoxy groups -OCH3 is 2. The van der Waals surface area contributed by atoms with E-state index in [-0.39, 0.29) is 11.7 Å². The van der Waals surface area contributed by atoms with Crippen molar-refractivity contribution in [2.24, 2.45) is 5.92 Å². The third-order valence-corrected chi connectivity index (χ3v) is 4.06. The first-order valence-corrected chi connectivity index (χ1v) is 8.60. The number of hydrogen-bond donors (Lipinski definition) is 2. The highest BCUT2D eigenvalue weighted by molar-refractivity contribution is 6.02. The first-order valence-electron chi connectivity index (χ1n) is 8.60. The summed E-state index contributed by atoms with van der Waals surface area (Å²) in [6, 6.07) is 3.68. The number of ketones is 1. The molecule has 1 saturated heterocycles. The van der Waals surface area contributed by atoms with Crippen LogP contribution < -0.4 is 14.8 Å². The monoisotopic (exact) mass is 351 g/mol. The molecule has 1 unspecified atom stereocenters. The Bertz CT molecular complexity index is 566. The van der Waals surface area contributed by atoms with Crippen LogP contribution in [0.5, 0.6) is 11.5 Å². The normalized spacial score (nSPS) is 18.1. The lowest BCUT2D eigenvalue weighted by molar-refractivity contribution is -0.134. The maximum atomic E-state index is 11.8. The standard InChI is InChI=1S/C12H14O3.C5H11N.C2H4O2/c1-7-4-8-5-10(14-2)11(15-3)6-9(8)12(7)13;1-2-4-6-5-3-1;1-2(3)4/h5-7H,4H2,1-3H3;6H,1-5H2;1H3,(H,3,4). The summed E-state index contributed by atoms with van der Waals surface area (Å²) in [6.45, 7) is 5.53. The van der Waals surface area contributed by atoms with Gasteiger partial charge in [0.25, 0.3) is 5.97 Å². The molecule has 0 radical (unpaired) electrons. The van der Waals surface area contributed by atoms with Crippen LogP contribution in [0.1, 0.15) is 49.0 Å². The van der Waals surface area contributed by atoms with Crippen LogP contribution in [0.4, 0.5) is 0 Å². The molecule has 2 aliphatic rings. The Kier molecular flexibility index (Phi) is 8.99. The van der Waals surface area contributed by atoms with Gasteiger partial charge in [0.15, 0.2) is 17.3 Å². The average molecular weight is 351 g/mol. The van der Waals surface area contributed by atoms with Crippen LogP contribution in [0.3, 0.4) is 0 Å². The van der Waals surface area contributed by atoms with E-state index in [0.717, 1.165) is 24.5 Å². The van der Waals surface area contributed by atoms with Gasteiger partial charge in [-0.1, -0.05) is 13.3 Å². The molecule has 140 valence electrons. The van der Waals surface area contributed by atoms with Crippen LogP contribution in [0.25, 0.3) is 0 Å². The Balaban J connectivity index is 0.000000257. The number of carbonyl (C=O) groups is 2. The number of benzene rings is 1. The zero-order valence-electron chi connectivity index (χ0n) is 15.6. The van der Waals surface area contributed by atoms with Crippen molar-refractivity contribution in [3.8, 4) is 11.5 Å². The minimum Gasteiger partial charge on any atom is -0.493 e. The van der Waals surface area contributed by atoms with Gasteiger partial charge in [0.2, 0.25) is 0 Å². The van der Waals surface area contributed by atoms with Crippen molar-refractivity contribution in [1.82, 2.24) is 5.32 Å². The Morgan fingerprint density at radius 2 is 1.64 bits per heavy atom. The van der Waals surface area contributed by atoms with E-state index in [1.54, 1.807) is 20.3 Å². The van der Waals surface area contributed by atoms with Crippen LogP contribution in [0, 0.1) is 5.92 Å². The molecule has 6 nitrogen and oxygen atoms in total. The molecule has 1 aliphatic carbocycles. The quantitative estimate of drug-likeness (QED) is 0.852. The van der Waals surface area contributed by atoms with Gasteiger partial charge in [-0.05, 0) is 50.0 Å². The molecule has 0 saturated carbocycles. The van der Waals surface area contributed by atoms with E-state index in [4.69, 9.17) is 19.4 Å². The smallest absolute Gasteiger partial charge is 0.300 e. The maximum absolute atomic E-state index is 11.8. The highest BCUT2D eigenvalue weighted by Crippen LogP contribution is 2.36. The zero-order chi connectivity index (χ0) is 18.8. The molecule has 1 aliphatic heterocycles. The predicted octanol–water partition coefficient (Wildman–Crippen LogP) is 2.93. The fourth-order valence-corrected chi connectivity index (χ4v) is 2.81. The zero-order valence-corrected chi connectivity index (χ0v) is 15.6. The highest BCUT2D eigenvalue weighted by atomic mass is 16.5. The van der Waals surface area contributed by atoms with Crippen LogP contribution in [0.15, 0.2) is 12.1 Å². The number of carboxylic acids is 1. The number of carboxylic acid groups (broad SMARTS) is 1. The van der Waals surface area contributed by atoms with Gasteiger partial charge in [0.05, 0.1) is 14.2 Å². The number of hydrogen-bond acceptors (Lipinski definition) is 5. The minimum absolute atomic E-state index is 0.0804. The largest absolute Gasteiger partial charge is 0.493 e. The lowest BCUT2D eigenvalue weighted by Gasteiger charge is -2.09. The lowest BCUT2D eigenvalue weighted by atomic mass is 10.1. The molecule has 0 spiro atoms. The second-order valence-corrected chi connectivity index (χ2v) is 6.16. The van der Waals surface area contributed by atoms with E-state index in [9.17, 15) is 4.79 Å². The summed E-state index contributed by atoms with van der Waals surface area (Å²) in [6.07, 6.45) is 5.02. The van der Waals surface area contributed by atoms with Crippen molar-refractivity contribution in [3.63, 3.8) is 0 Å². The van der Waals surface area contributed by atoms with Crippen LogP contribution in [-0.4, -0.2) is 44.2 Å². The topological polar surface area (TPSA) is 84.9 Å². The highest BCUT2D eigenvalue weighted by Gasteiger charge is 2.28. The van der Waals surface area contributed by atoms with Gasteiger partial charge in [-0.2, -0.15) is 0 Å². The number of carbonyl (C=O) groups excluding carboxylic acids is 1. The van der Waals surface area contributed by atoms with E-state index >= 15 is 0 Å². The molecule has 2 N–H and O–H groups in total. The first kappa shape index (κ1) is 21.0. The van der Waals surface area contributed by atoms with Gasteiger partial charge in [-0.3, -0.25) is 9.59 Å². The van der Waals surface area contributed by atoms with E-state index in [2.05, 4.69) is 5.32 Å². The molecule has 25 heavy (non-hydrogen) atoms. The van der Waals surface area contributed by atoms with Crippen LogP contribution in [-0.2, 0) is 11.2 Å². The fraction of sp³-hybridized carbons (Fsp3) is 0.579. The van der Waals surface area contributed by atoms with Crippen molar-refractivity contribution < 1.29 is 24.2 Å². The number of rotatable bonds is 2. The molecule has 1 aromatic rings. The molecule has 0 bridgehead atoms. The van der Waals surface area contributed by atoms with Gasteiger partial charge in [-0.25, -0.2) is 0 Å². The van der Waals surface area contributed by atoms with Crippen molar-refractivity contribution in [2.45, 2.75) is 39.5 Å². The summed E-state index contributed by atoms with van der Waals surface area (Å²) in [5, 5.41) is 10.7. The number of aliphatic carboxylic acids is 1. The van der Waals surface area contributed by atoms with Gasteiger partial charge in [0.1, 0.15) is 0 Å². The first-order chi connectivity index (χ1) is 11.9. The summed E-state index contributed by atoms with van der Waals surface area (Å²) in [7, 11) is 3.18. The molecule has 0 aromatic heterocycles. The van der Waals surface area contributed by atoms with Crippen LogP contribution >= 0.6 is 0 Å². The molecule has 1 heterocycles. The maximum Gasteiger partial charge on any atom is 0.300 e. The number of nitrogens with one attached hydrogen (secondary N) is 1. The summed E-state index contributed by atoms with van der Waals surface area (Å²) < 4.78 is 10.4. The summed E-state index contributed by atoms with van der Waals surface area (Å²) in [4.78, 5) is 20.8. The number of ether oxygens (including phenoxy) is 2. The van der Waals surface area contributed by atoms with Gasteiger partial charge >= 0.3 is 0 Å². The number of fused-ring (bicyclic) bond motifs is 1. The van der Waals surface area contributed by atoms with Gasteiger partial charge < -0.3 is 19.9 Å². The van der Waals surface area contributed by atoms with Crippen LogP contribution in [0.2, 0.25) is 0 Å². The second kappa shape index (κ2) is 10.7. The summed E-state index contributed by atoms with van der Waals surface area (Å²) >= 11 is 0. The predicted molar refractivity (Wildman–Crippen MR) is 96.8 cm³/mol. The molecular formula is C19H29NO5. The van der Waals surface area contributed by atoms with Crippen molar-refractivity contribution in [3.05, 3.63) is 23.3 Å². The Labute approximate surface area is 149 Å². The Morgan fingerprint density at radius 3 is 2.04 bits per heavy atom. The van der Waals surface area contributed by atoms with E-state index in [1.165, 1.54) is 32.4 Å². The lowest BCUT2D eigenvalue weighted by Crippen LogP contribution is -2.21. The van der Waals surface area contributed by atoms with Gasteiger partial charge in [-0.15, -0.1) is 0 Å². The molecule has 1 atom stereocenters. The third kappa shape index (κ3) is 6.74. The molecule has 0 amide bonds. The molecule has 3 rings (SSSR count). The van der Waals surface area contributed by atoms with Crippen molar-refractivity contribution in [2.75, 3.05) is 27.3 Å². The van der Waals surface area contributed by atoms with E-state index in [1.807, 2.05) is 13.0 Å². The third-order valence-electron chi connectivity index (χ3n) is 4.06. The van der Waals surface area contributed by atoms with Crippen molar-refractivity contribution >= 4 is 11.8 Å². The average Bonchev–Trinajstić information content (AvgIpc) is 2.89. The van der Waals surface area contributed by atoms with E-state index < -0.39 is 5.97 Å². The molecular weight excluding hydrogens is 322 g/mol. The summed E-state index contributed by atoms with van der Waals surface area (Å²) in [5.41, 5.74) is 1.84. The molecule has 6 heteroatoms. The second-order valence-electron chi connectivity index (χ2n) is 6.16. The van der Waals surface area contributed by atoms with Gasteiger partial charge in [0, 0.05) is 18.4 Å². The van der Waals surface area contributed by atoms with Crippen molar-refractivity contribution in [1.29, 1.82) is 0 Å².